The summed E-state index contributed by atoms with van der Waals surface area (Å²) in [5.41, 5.74) is 0. The molecule has 0 bridgehead atoms. The fraction of sp³-hybridized carbons (Fsp3) is 0.857. The van der Waals surface area contributed by atoms with Gasteiger partial charge in [-0.15, -0.1) is 0 Å². The lowest BCUT2D eigenvalue weighted by atomic mass is 10.1. The van der Waals surface area contributed by atoms with Gasteiger partial charge in [-0.2, -0.15) is 0 Å². The van der Waals surface area contributed by atoms with Gasteiger partial charge in [-0.25, -0.2) is 0 Å². The lowest BCUT2D eigenvalue weighted by molar-refractivity contribution is 0.629. The predicted molar refractivity (Wildman–Crippen MR) is 31.9 cm³/mol. The Bertz CT molecular complexity index is 51.1. The summed E-state index contributed by atoms with van der Waals surface area (Å²) in [6.45, 7) is 4.57. The number of rotatable bonds is 2. The second-order valence-electron chi connectivity index (χ2n) is 2.85. The summed E-state index contributed by atoms with van der Waals surface area (Å²) in [5.74, 6) is 2.69. The van der Waals surface area contributed by atoms with Crippen LogP contribution < -0.4 is 0 Å². The van der Waals surface area contributed by atoms with Crippen LogP contribution in [-0.4, -0.2) is 0 Å². The van der Waals surface area contributed by atoms with Crippen LogP contribution in [0.5, 0.6) is 0 Å². The molecule has 0 heteroatoms. The van der Waals surface area contributed by atoms with Crippen molar-refractivity contribution in [2.45, 2.75) is 33.1 Å². The van der Waals surface area contributed by atoms with Gasteiger partial charge in [-0.3, -0.25) is 0 Å². The van der Waals surface area contributed by atoms with Gasteiger partial charge in [0.15, 0.2) is 0 Å². The van der Waals surface area contributed by atoms with Crippen LogP contribution in [0.25, 0.3) is 0 Å². The molecular formula is C7H13+. The average molecular weight is 97.2 g/mol. The van der Waals surface area contributed by atoms with Crippen LogP contribution in [-0.2, 0) is 0 Å². The van der Waals surface area contributed by atoms with E-state index >= 15 is 0 Å². The van der Waals surface area contributed by atoms with Crippen molar-refractivity contribution in [3.63, 3.8) is 0 Å². The van der Waals surface area contributed by atoms with Crippen molar-refractivity contribution in [2.75, 3.05) is 0 Å². The highest BCUT2D eigenvalue weighted by Gasteiger charge is 2.36. The van der Waals surface area contributed by atoms with Crippen LogP contribution in [0.4, 0.5) is 0 Å². The Morgan fingerprint density at radius 2 is 2.00 bits per heavy atom. The Balaban J connectivity index is 1.97. The van der Waals surface area contributed by atoms with E-state index in [4.69, 9.17) is 0 Å². The lowest BCUT2D eigenvalue weighted by Crippen LogP contribution is -1.84. The first-order chi connectivity index (χ1) is 3.29. The molecule has 0 heterocycles. The van der Waals surface area contributed by atoms with E-state index in [1.54, 1.807) is 5.92 Å². The molecule has 40 valence electrons. The lowest BCUT2D eigenvalue weighted by Gasteiger charge is -1.90. The van der Waals surface area contributed by atoms with Crippen molar-refractivity contribution < 1.29 is 0 Å². The SMILES string of the molecule is CC(C)C[C+]1CC1. The third kappa shape index (κ3) is 1.86. The molecule has 0 aromatic carbocycles. The minimum absolute atomic E-state index is 0.900. The van der Waals surface area contributed by atoms with Crippen LogP contribution in [0.15, 0.2) is 0 Å². The van der Waals surface area contributed by atoms with Gasteiger partial charge in [0.25, 0.3) is 0 Å². The normalized spacial score (nSPS) is 18.4. The summed E-state index contributed by atoms with van der Waals surface area (Å²) in [6, 6.07) is 0. The van der Waals surface area contributed by atoms with E-state index in [0.717, 1.165) is 5.92 Å². The van der Waals surface area contributed by atoms with Crippen molar-refractivity contribution >= 4 is 0 Å². The van der Waals surface area contributed by atoms with Crippen LogP contribution in [0.2, 0.25) is 0 Å². The second kappa shape index (κ2) is 1.77. The minimum atomic E-state index is 0.900. The van der Waals surface area contributed by atoms with Crippen LogP contribution in [0.3, 0.4) is 0 Å². The van der Waals surface area contributed by atoms with Gasteiger partial charge in [-0.05, 0) is 5.92 Å². The largest absolute Gasteiger partial charge is 0.130 e. The van der Waals surface area contributed by atoms with Crippen molar-refractivity contribution in [1.82, 2.24) is 0 Å². The van der Waals surface area contributed by atoms with Crippen LogP contribution >= 0.6 is 0 Å². The van der Waals surface area contributed by atoms with Crippen molar-refractivity contribution in [2.24, 2.45) is 5.92 Å². The maximum Gasteiger partial charge on any atom is 0.130 e. The van der Waals surface area contributed by atoms with Crippen molar-refractivity contribution in [1.29, 1.82) is 0 Å². The summed E-state index contributed by atoms with van der Waals surface area (Å²) in [4.78, 5) is 0. The molecule has 1 aliphatic carbocycles. The van der Waals surface area contributed by atoms with Crippen molar-refractivity contribution in [3.05, 3.63) is 5.92 Å². The van der Waals surface area contributed by atoms with E-state index < -0.39 is 0 Å². The highest BCUT2D eigenvalue weighted by atomic mass is 14.3. The van der Waals surface area contributed by atoms with Crippen LogP contribution in [0, 0.1) is 11.8 Å². The Labute approximate surface area is 45.9 Å². The predicted octanol–water partition coefficient (Wildman–Crippen LogP) is 2.40. The zero-order chi connectivity index (χ0) is 5.28. The van der Waals surface area contributed by atoms with E-state index in [0.29, 0.717) is 0 Å². The molecule has 1 rings (SSSR count). The molecule has 7 heavy (non-hydrogen) atoms. The molecule has 0 aromatic rings. The molecule has 1 saturated carbocycles. The van der Waals surface area contributed by atoms with Gasteiger partial charge in [0.05, 0.1) is 12.3 Å². The summed E-state index contributed by atoms with van der Waals surface area (Å²) >= 11 is 0. The van der Waals surface area contributed by atoms with Gasteiger partial charge in [0.1, 0.15) is 12.8 Å². The maximum atomic E-state index is 2.28. The van der Waals surface area contributed by atoms with Gasteiger partial charge in [-0.1, -0.05) is 13.8 Å². The summed E-state index contributed by atoms with van der Waals surface area (Å²) < 4.78 is 0. The highest BCUT2D eigenvalue weighted by Crippen LogP contribution is 2.37. The van der Waals surface area contributed by atoms with E-state index in [1.165, 1.54) is 19.3 Å². The standard InChI is InChI=1S/C7H13/c1-6(2)5-7-3-4-7/h6H,3-5H2,1-2H3/q+1. The average Bonchev–Trinajstić information content (AvgIpc) is 2.17. The van der Waals surface area contributed by atoms with Gasteiger partial charge in [0, 0.05) is 0 Å². The Morgan fingerprint density at radius 1 is 1.43 bits per heavy atom. The quantitative estimate of drug-likeness (QED) is 0.464. The number of hydrogen-bond acceptors (Lipinski definition) is 0. The van der Waals surface area contributed by atoms with E-state index in [1.807, 2.05) is 0 Å². The first-order valence-electron chi connectivity index (χ1n) is 3.12. The maximum absolute atomic E-state index is 2.28. The Hall–Kier alpha value is -0.130. The summed E-state index contributed by atoms with van der Waals surface area (Å²) in [5, 5.41) is 0. The second-order valence-corrected chi connectivity index (χ2v) is 2.85. The molecule has 1 aliphatic rings. The van der Waals surface area contributed by atoms with Crippen molar-refractivity contribution in [3.8, 4) is 0 Å². The number of hydrogen-bond donors (Lipinski definition) is 0. The fourth-order valence-corrected chi connectivity index (χ4v) is 0.870. The van der Waals surface area contributed by atoms with E-state index in [-0.39, 0.29) is 0 Å². The highest BCUT2D eigenvalue weighted by molar-refractivity contribution is 5.05. The van der Waals surface area contributed by atoms with Crippen LogP contribution in [0.1, 0.15) is 33.1 Å². The van der Waals surface area contributed by atoms with E-state index in [2.05, 4.69) is 13.8 Å². The van der Waals surface area contributed by atoms with Gasteiger partial charge >= 0.3 is 0 Å². The monoisotopic (exact) mass is 97.1 g/mol. The Morgan fingerprint density at radius 3 is 2.14 bits per heavy atom. The molecule has 0 radical (unpaired) electrons. The summed E-state index contributed by atoms with van der Waals surface area (Å²) in [7, 11) is 0. The van der Waals surface area contributed by atoms with Gasteiger partial charge < -0.3 is 0 Å². The molecule has 0 spiro atoms. The third-order valence-electron chi connectivity index (χ3n) is 1.30. The molecule has 0 aromatic heterocycles. The molecular weight excluding hydrogens is 84.1 g/mol. The zero-order valence-corrected chi connectivity index (χ0v) is 5.20. The first-order valence-corrected chi connectivity index (χ1v) is 3.12. The molecule has 1 fully saturated rings. The topological polar surface area (TPSA) is 0 Å². The Kier molecular flexibility index (Phi) is 1.27. The molecule has 0 atom stereocenters. The molecule has 0 unspecified atom stereocenters. The third-order valence-corrected chi connectivity index (χ3v) is 1.30. The molecule has 0 amide bonds. The smallest absolute Gasteiger partial charge is 0.0587 e. The van der Waals surface area contributed by atoms with Gasteiger partial charge in [0.2, 0.25) is 0 Å². The fourth-order valence-electron chi connectivity index (χ4n) is 0.870. The molecule has 0 aliphatic heterocycles. The first kappa shape index (κ1) is 5.02. The summed E-state index contributed by atoms with van der Waals surface area (Å²) in [6.07, 6.45) is 4.25. The minimum Gasteiger partial charge on any atom is -0.0587 e. The molecule has 0 saturated heterocycles. The zero-order valence-electron chi connectivity index (χ0n) is 5.20. The van der Waals surface area contributed by atoms with E-state index in [9.17, 15) is 0 Å². The molecule has 0 nitrogen and oxygen atoms in total. The molecule has 0 N–H and O–H groups in total.